The van der Waals surface area contributed by atoms with Gasteiger partial charge in [-0.05, 0) is 25.0 Å². The van der Waals surface area contributed by atoms with Crippen LogP contribution in [0.3, 0.4) is 0 Å². The minimum absolute atomic E-state index is 0.243. The summed E-state index contributed by atoms with van der Waals surface area (Å²) in [4.78, 5) is 16.1. The fourth-order valence-electron chi connectivity index (χ4n) is 1.91. The number of alkyl halides is 1. The van der Waals surface area contributed by atoms with E-state index in [9.17, 15) is 4.79 Å². The van der Waals surface area contributed by atoms with Gasteiger partial charge in [0.2, 0.25) is 0 Å². The number of carbonyl (C=O) groups is 1. The Bertz CT molecular complexity index is 431. The highest BCUT2D eigenvalue weighted by Gasteiger charge is 2.35. The van der Waals surface area contributed by atoms with Crippen LogP contribution in [0.4, 0.5) is 0 Å². The van der Waals surface area contributed by atoms with E-state index in [0.717, 1.165) is 23.1 Å². The molecule has 6 heteroatoms. The summed E-state index contributed by atoms with van der Waals surface area (Å²) in [5, 5.41) is 4.61. The van der Waals surface area contributed by atoms with Crippen molar-refractivity contribution in [1.82, 2.24) is 10.0 Å². The van der Waals surface area contributed by atoms with Gasteiger partial charge in [0.1, 0.15) is 11.9 Å². The van der Waals surface area contributed by atoms with Gasteiger partial charge in [0, 0.05) is 24.8 Å². The highest BCUT2D eigenvalue weighted by molar-refractivity contribution is 9.09. The number of allylic oxidation sites excluding steroid dienone is 1. The lowest BCUT2D eigenvalue weighted by atomic mass is 10.2. The van der Waals surface area contributed by atoms with Crippen molar-refractivity contribution in [2.45, 2.75) is 19.4 Å². The van der Waals surface area contributed by atoms with E-state index < -0.39 is 6.04 Å². The van der Waals surface area contributed by atoms with Crippen LogP contribution in [0.1, 0.15) is 13.3 Å². The first kappa shape index (κ1) is 13.3. The maximum Gasteiger partial charge on any atom is 0.329 e. The largest absolute Gasteiger partial charge is 0.465 e. The molecule has 0 aliphatic carbocycles. The van der Waals surface area contributed by atoms with Crippen molar-refractivity contribution >= 4 is 28.1 Å². The second-order valence-electron chi connectivity index (χ2n) is 4.04. The molecule has 0 saturated heterocycles. The Morgan fingerprint density at radius 2 is 2.39 bits per heavy atom. The zero-order valence-corrected chi connectivity index (χ0v) is 12.1. The smallest absolute Gasteiger partial charge is 0.329 e. The minimum atomic E-state index is -0.392. The molecule has 2 heterocycles. The van der Waals surface area contributed by atoms with Gasteiger partial charge in [0.25, 0.3) is 0 Å². The molecule has 0 amide bonds. The van der Waals surface area contributed by atoms with Crippen molar-refractivity contribution < 1.29 is 9.53 Å². The van der Waals surface area contributed by atoms with Gasteiger partial charge in [-0.1, -0.05) is 15.9 Å². The Morgan fingerprint density at radius 3 is 3.06 bits per heavy atom. The first-order valence-electron chi connectivity index (χ1n) is 5.88. The van der Waals surface area contributed by atoms with Crippen molar-refractivity contribution in [2.24, 2.45) is 4.99 Å². The summed E-state index contributed by atoms with van der Waals surface area (Å²) in [5.41, 5.74) is 1.13. The lowest BCUT2D eigenvalue weighted by Crippen LogP contribution is -2.41. The van der Waals surface area contributed by atoms with Crippen molar-refractivity contribution in [1.29, 1.82) is 0 Å². The predicted octanol–water partition coefficient (Wildman–Crippen LogP) is 1.68. The van der Waals surface area contributed by atoms with Crippen LogP contribution in [-0.2, 0) is 9.53 Å². The maximum absolute atomic E-state index is 11.8. The van der Waals surface area contributed by atoms with Gasteiger partial charge in [0.15, 0.2) is 0 Å². The van der Waals surface area contributed by atoms with Gasteiger partial charge in [-0.3, -0.25) is 5.01 Å². The molecule has 18 heavy (non-hydrogen) atoms. The molecule has 0 saturated carbocycles. The predicted molar refractivity (Wildman–Crippen MR) is 73.1 cm³/mol. The van der Waals surface area contributed by atoms with Gasteiger partial charge in [-0.15, -0.1) is 0 Å². The molecule has 1 atom stereocenters. The number of hydrazine groups is 1. The standard InChI is InChI=1S/C12H16BrN3O2/c1-3-18-12(17)10-6-11-14-7-9(4-5-13)8-16(11)15(10)2/h6-8,10H,3-5H2,1-2H3. The SMILES string of the molecule is CCOC(=O)C1C=C2N=CC(CCBr)=CN2N1C. The van der Waals surface area contributed by atoms with Crippen LogP contribution in [-0.4, -0.2) is 47.2 Å². The van der Waals surface area contributed by atoms with Crippen LogP contribution in [0, 0.1) is 0 Å². The fourth-order valence-corrected chi connectivity index (χ4v) is 2.36. The lowest BCUT2D eigenvalue weighted by Gasteiger charge is -2.29. The molecule has 0 aromatic rings. The van der Waals surface area contributed by atoms with Gasteiger partial charge >= 0.3 is 5.97 Å². The molecular weight excluding hydrogens is 298 g/mol. The van der Waals surface area contributed by atoms with E-state index in [1.165, 1.54) is 0 Å². The van der Waals surface area contributed by atoms with E-state index in [4.69, 9.17) is 4.74 Å². The van der Waals surface area contributed by atoms with Crippen LogP contribution >= 0.6 is 15.9 Å². The zero-order chi connectivity index (χ0) is 13.1. The lowest BCUT2D eigenvalue weighted by molar-refractivity contribution is -0.149. The Balaban J connectivity index is 2.14. The molecule has 0 spiro atoms. The topological polar surface area (TPSA) is 45.1 Å². The summed E-state index contributed by atoms with van der Waals surface area (Å²) < 4.78 is 5.04. The molecule has 0 N–H and O–H groups in total. The Labute approximate surface area is 115 Å². The third-order valence-electron chi connectivity index (χ3n) is 2.85. The first-order valence-corrected chi connectivity index (χ1v) is 7.00. The number of esters is 1. The molecule has 0 aromatic heterocycles. The fraction of sp³-hybridized carbons (Fsp3) is 0.500. The molecule has 0 radical (unpaired) electrons. The second kappa shape index (κ2) is 5.67. The van der Waals surface area contributed by atoms with Crippen LogP contribution < -0.4 is 0 Å². The Hall–Kier alpha value is -1.14. The second-order valence-corrected chi connectivity index (χ2v) is 4.83. The molecule has 0 aromatic carbocycles. The summed E-state index contributed by atoms with van der Waals surface area (Å²) in [5.74, 6) is 0.529. The van der Waals surface area contributed by atoms with Crippen molar-refractivity contribution in [3.63, 3.8) is 0 Å². The van der Waals surface area contributed by atoms with Crippen LogP contribution in [0.5, 0.6) is 0 Å². The molecule has 2 aliphatic heterocycles. The van der Waals surface area contributed by atoms with Gasteiger partial charge in [0.05, 0.1) is 6.61 Å². The van der Waals surface area contributed by atoms with E-state index in [1.807, 2.05) is 35.6 Å². The number of rotatable bonds is 4. The van der Waals surface area contributed by atoms with Crippen molar-refractivity contribution in [2.75, 3.05) is 19.0 Å². The van der Waals surface area contributed by atoms with Crippen LogP contribution in [0.2, 0.25) is 0 Å². The molecule has 0 bridgehead atoms. The van der Waals surface area contributed by atoms with E-state index in [2.05, 4.69) is 20.9 Å². The Kier molecular flexibility index (Phi) is 4.19. The molecule has 1 unspecified atom stereocenters. The molecule has 98 valence electrons. The summed E-state index contributed by atoms with van der Waals surface area (Å²) in [6.07, 6.45) is 6.56. The van der Waals surface area contributed by atoms with E-state index in [-0.39, 0.29) is 5.97 Å². The molecular formula is C12H16BrN3O2. The normalized spacial score (nSPS) is 22.6. The first-order chi connectivity index (χ1) is 8.67. The van der Waals surface area contributed by atoms with Crippen LogP contribution in [0.25, 0.3) is 0 Å². The monoisotopic (exact) mass is 313 g/mol. The third kappa shape index (κ3) is 2.49. The number of carbonyl (C=O) groups excluding carboxylic acids is 1. The average molecular weight is 314 g/mol. The summed E-state index contributed by atoms with van der Waals surface area (Å²) in [6.45, 7) is 2.19. The maximum atomic E-state index is 11.8. The quantitative estimate of drug-likeness (QED) is 0.585. The summed E-state index contributed by atoms with van der Waals surface area (Å²) in [7, 11) is 1.86. The number of hydrogen-bond acceptors (Lipinski definition) is 5. The number of aliphatic imine (C=N–C) groups is 1. The highest BCUT2D eigenvalue weighted by Crippen LogP contribution is 2.27. The molecule has 2 aliphatic rings. The molecule has 0 fully saturated rings. The highest BCUT2D eigenvalue weighted by atomic mass is 79.9. The number of likely N-dealkylation sites (N-methyl/N-ethyl adjacent to an activating group) is 1. The summed E-state index contributed by atoms with van der Waals surface area (Å²) in [6, 6.07) is -0.392. The van der Waals surface area contributed by atoms with E-state index in [0.29, 0.717) is 6.61 Å². The molecule has 5 nitrogen and oxygen atoms in total. The van der Waals surface area contributed by atoms with Crippen molar-refractivity contribution in [3.8, 4) is 0 Å². The van der Waals surface area contributed by atoms with E-state index in [1.54, 1.807) is 6.92 Å². The Morgan fingerprint density at radius 1 is 1.61 bits per heavy atom. The van der Waals surface area contributed by atoms with Gasteiger partial charge < -0.3 is 4.74 Å². The average Bonchev–Trinajstić information content (AvgIpc) is 2.68. The molecule has 2 rings (SSSR count). The van der Waals surface area contributed by atoms with E-state index >= 15 is 0 Å². The van der Waals surface area contributed by atoms with Gasteiger partial charge in [-0.2, -0.15) is 0 Å². The van der Waals surface area contributed by atoms with Crippen molar-refractivity contribution in [3.05, 3.63) is 23.7 Å². The summed E-state index contributed by atoms with van der Waals surface area (Å²) >= 11 is 3.40. The number of halogens is 1. The zero-order valence-electron chi connectivity index (χ0n) is 10.5. The van der Waals surface area contributed by atoms with Crippen LogP contribution in [0.15, 0.2) is 28.7 Å². The number of hydrogen-bond donors (Lipinski definition) is 0. The number of ether oxygens (including phenoxy) is 1. The van der Waals surface area contributed by atoms with Gasteiger partial charge in [-0.25, -0.2) is 14.8 Å². The number of fused-ring (bicyclic) bond motifs is 1. The number of nitrogens with zero attached hydrogens (tertiary/aromatic N) is 3. The third-order valence-corrected chi connectivity index (χ3v) is 3.24. The minimum Gasteiger partial charge on any atom is -0.465 e.